The van der Waals surface area contributed by atoms with Gasteiger partial charge in [0, 0.05) is 0 Å². The number of carbonyl (C=O) groups excluding carboxylic acids is 1. The molecule has 0 atom stereocenters. The maximum absolute atomic E-state index is 13.3. The number of carboxylic acids is 1. The molecular formula is C31H27O4P. The van der Waals surface area contributed by atoms with Crippen molar-refractivity contribution in [1.82, 2.24) is 0 Å². The Kier molecular flexibility index (Phi) is 6.79. The molecule has 1 aliphatic rings. The van der Waals surface area contributed by atoms with Gasteiger partial charge in [0.15, 0.2) is 0 Å². The predicted molar refractivity (Wildman–Crippen MR) is 146 cm³/mol. The molecule has 36 heavy (non-hydrogen) atoms. The first-order chi connectivity index (χ1) is 17.6. The normalized spacial score (nSPS) is 13.9. The number of hydrogen-bond acceptors (Lipinski definition) is 3. The van der Waals surface area contributed by atoms with E-state index in [4.69, 9.17) is 4.74 Å². The Bertz CT molecular complexity index is 1320. The fourth-order valence-electron chi connectivity index (χ4n) is 5.33. The van der Waals surface area contributed by atoms with Gasteiger partial charge in [0.05, 0.1) is 0 Å². The summed E-state index contributed by atoms with van der Waals surface area (Å²) >= 11 is 0. The standard InChI is InChI=1S/C31H27O4P/c32-30(33)26-19-10-11-20-27(26)31(34)35-28-21-12-22-29(28)36(23-13-4-1-5-14-23,24-15-6-2-7-16-24)25-17-8-3-9-18-25/h1-11,13-20,36H,12,21-22H2,(H,32,33). The van der Waals surface area contributed by atoms with Gasteiger partial charge in [-0.3, -0.25) is 0 Å². The Morgan fingerprint density at radius 3 is 1.53 bits per heavy atom. The minimum atomic E-state index is -2.77. The molecule has 0 saturated heterocycles. The van der Waals surface area contributed by atoms with Crippen LogP contribution >= 0.6 is 7.26 Å². The van der Waals surface area contributed by atoms with Gasteiger partial charge in [-0.05, 0) is 0 Å². The molecule has 5 heteroatoms. The number of benzene rings is 4. The molecule has 180 valence electrons. The van der Waals surface area contributed by atoms with Crippen LogP contribution in [0.2, 0.25) is 0 Å². The number of carboxylic acid groups (broad SMARTS) is 1. The molecule has 4 nitrogen and oxygen atoms in total. The number of ether oxygens (including phenoxy) is 1. The van der Waals surface area contributed by atoms with Crippen LogP contribution in [0, 0.1) is 0 Å². The monoisotopic (exact) mass is 494 g/mol. The molecular weight excluding hydrogens is 467 g/mol. The van der Waals surface area contributed by atoms with E-state index in [9.17, 15) is 14.7 Å². The van der Waals surface area contributed by atoms with Crippen molar-refractivity contribution in [3.63, 3.8) is 0 Å². The summed E-state index contributed by atoms with van der Waals surface area (Å²) in [5.74, 6) is -1.10. The second-order valence-electron chi connectivity index (χ2n) is 8.84. The van der Waals surface area contributed by atoms with Crippen LogP contribution in [0.1, 0.15) is 40.0 Å². The first-order valence-electron chi connectivity index (χ1n) is 12.1. The number of hydrogen-bond donors (Lipinski definition) is 1. The molecule has 0 aromatic heterocycles. The summed E-state index contributed by atoms with van der Waals surface area (Å²) in [6.45, 7) is 0. The van der Waals surface area contributed by atoms with E-state index in [1.54, 1.807) is 12.1 Å². The third-order valence-corrected chi connectivity index (χ3v) is 11.9. The van der Waals surface area contributed by atoms with E-state index in [1.807, 2.05) is 18.2 Å². The van der Waals surface area contributed by atoms with E-state index < -0.39 is 19.2 Å². The summed E-state index contributed by atoms with van der Waals surface area (Å²) in [4.78, 5) is 25.0. The van der Waals surface area contributed by atoms with Crippen molar-refractivity contribution >= 4 is 35.1 Å². The van der Waals surface area contributed by atoms with Gasteiger partial charge in [0.25, 0.3) is 0 Å². The molecule has 0 radical (unpaired) electrons. The molecule has 4 aromatic carbocycles. The van der Waals surface area contributed by atoms with Gasteiger partial charge in [-0.15, -0.1) is 0 Å². The molecule has 0 aliphatic heterocycles. The molecule has 0 heterocycles. The van der Waals surface area contributed by atoms with Gasteiger partial charge in [-0.2, -0.15) is 0 Å². The molecule has 0 amide bonds. The van der Waals surface area contributed by atoms with E-state index in [1.165, 1.54) is 28.0 Å². The number of aromatic carboxylic acids is 1. The Labute approximate surface area is 211 Å². The molecule has 1 N–H and O–H groups in total. The van der Waals surface area contributed by atoms with E-state index in [2.05, 4.69) is 72.8 Å². The SMILES string of the molecule is O=C(O)c1ccccc1C(=O)OC1=C([PH](c2ccccc2)(c2ccccc2)c2ccccc2)CCC1. The van der Waals surface area contributed by atoms with Crippen LogP contribution in [0.15, 0.2) is 126 Å². The summed E-state index contributed by atoms with van der Waals surface area (Å²) in [5.41, 5.74) is 0.00971. The summed E-state index contributed by atoms with van der Waals surface area (Å²) in [6.07, 6.45) is 2.32. The minimum absolute atomic E-state index is 0.0552. The molecule has 1 aliphatic carbocycles. The van der Waals surface area contributed by atoms with Crippen LogP contribution in [0.25, 0.3) is 0 Å². The molecule has 0 spiro atoms. The molecule has 0 fully saturated rings. The second kappa shape index (κ2) is 10.3. The van der Waals surface area contributed by atoms with E-state index >= 15 is 0 Å². The van der Waals surface area contributed by atoms with E-state index in [0.29, 0.717) is 12.2 Å². The van der Waals surface area contributed by atoms with E-state index in [0.717, 1.165) is 18.2 Å². The molecule has 4 aromatic rings. The fourth-order valence-corrected chi connectivity index (χ4v) is 10.6. The zero-order chi connectivity index (χ0) is 25.0. The van der Waals surface area contributed by atoms with Crippen LogP contribution in [0.5, 0.6) is 0 Å². The number of allylic oxidation sites excluding steroid dienone is 2. The zero-order valence-corrected chi connectivity index (χ0v) is 20.8. The average molecular weight is 495 g/mol. The van der Waals surface area contributed by atoms with E-state index in [-0.39, 0.29) is 11.1 Å². The molecule has 0 unspecified atom stereocenters. The van der Waals surface area contributed by atoms with Gasteiger partial charge in [-0.25, -0.2) is 0 Å². The van der Waals surface area contributed by atoms with Gasteiger partial charge < -0.3 is 0 Å². The predicted octanol–water partition coefficient (Wildman–Crippen LogP) is 5.66. The van der Waals surface area contributed by atoms with Crippen molar-refractivity contribution in [2.45, 2.75) is 19.3 Å². The summed E-state index contributed by atoms with van der Waals surface area (Å²) in [7, 11) is -2.77. The van der Waals surface area contributed by atoms with Gasteiger partial charge in [0.2, 0.25) is 0 Å². The molecule has 5 rings (SSSR count). The van der Waals surface area contributed by atoms with Gasteiger partial charge in [-0.1, -0.05) is 0 Å². The zero-order valence-electron chi connectivity index (χ0n) is 19.8. The van der Waals surface area contributed by atoms with Crippen LogP contribution in [-0.2, 0) is 4.74 Å². The maximum atomic E-state index is 13.3. The Morgan fingerprint density at radius 1 is 0.611 bits per heavy atom. The third-order valence-electron chi connectivity index (χ3n) is 6.83. The number of rotatable bonds is 7. The molecule has 0 bridgehead atoms. The second-order valence-corrected chi connectivity index (χ2v) is 12.7. The topological polar surface area (TPSA) is 63.6 Å². The average Bonchev–Trinajstić information content (AvgIpc) is 3.39. The molecule has 0 saturated carbocycles. The Morgan fingerprint density at radius 2 is 1.06 bits per heavy atom. The first kappa shape index (κ1) is 23.7. The summed E-state index contributed by atoms with van der Waals surface area (Å²) < 4.78 is 6.08. The van der Waals surface area contributed by atoms with Crippen molar-refractivity contribution in [2.75, 3.05) is 0 Å². The Balaban J connectivity index is 1.73. The van der Waals surface area contributed by atoms with Crippen molar-refractivity contribution < 1.29 is 19.4 Å². The van der Waals surface area contributed by atoms with Crippen molar-refractivity contribution in [3.8, 4) is 0 Å². The van der Waals surface area contributed by atoms with Crippen LogP contribution in [-0.4, -0.2) is 17.0 Å². The van der Waals surface area contributed by atoms with Crippen LogP contribution < -0.4 is 15.9 Å². The van der Waals surface area contributed by atoms with Crippen LogP contribution in [0.4, 0.5) is 0 Å². The van der Waals surface area contributed by atoms with Crippen molar-refractivity contribution in [1.29, 1.82) is 0 Å². The first-order valence-corrected chi connectivity index (χ1v) is 14.1. The summed E-state index contributed by atoms with van der Waals surface area (Å²) in [6, 6.07) is 37.7. The van der Waals surface area contributed by atoms with Crippen LogP contribution in [0.3, 0.4) is 0 Å². The third kappa shape index (κ3) is 4.25. The number of esters is 1. The van der Waals surface area contributed by atoms with Gasteiger partial charge in [0.1, 0.15) is 0 Å². The number of carbonyl (C=O) groups is 2. The fraction of sp³-hybridized carbons (Fsp3) is 0.0968. The summed E-state index contributed by atoms with van der Waals surface area (Å²) in [5, 5.41) is 14.4. The Hall–Kier alpha value is -4.01. The van der Waals surface area contributed by atoms with Crippen molar-refractivity contribution in [3.05, 3.63) is 137 Å². The van der Waals surface area contributed by atoms with Gasteiger partial charge >= 0.3 is 211 Å². The quantitative estimate of drug-likeness (QED) is 0.266. The van der Waals surface area contributed by atoms with Crippen molar-refractivity contribution in [2.24, 2.45) is 0 Å².